The summed E-state index contributed by atoms with van der Waals surface area (Å²) in [5.41, 5.74) is 16.6. The Bertz CT molecular complexity index is 1060. The number of carboxylic acid groups (broad SMARTS) is 2. The smallest absolute Gasteiger partial charge is 0.326 e. The summed E-state index contributed by atoms with van der Waals surface area (Å²) in [6.45, 7) is 0. The van der Waals surface area contributed by atoms with Crippen LogP contribution in [0.25, 0.3) is 0 Å². The summed E-state index contributed by atoms with van der Waals surface area (Å²) in [6.07, 6.45) is -2.63. The average molecular weight is 539 g/mol. The number of rotatable bonds is 16. The van der Waals surface area contributed by atoms with Gasteiger partial charge in [0.05, 0.1) is 18.9 Å². The summed E-state index contributed by atoms with van der Waals surface area (Å²) in [4.78, 5) is 83.0. The highest BCUT2D eigenvalue weighted by Gasteiger charge is 2.32. The van der Waals surface area contributed by atoms with Crippen LogP contribution in [0.4, 0.5) is 0 Å². The molecule has 0 aliphatic carbocycles. The van der Waals surface area contributed by atoms with Crippen LogP contribution in [0, 0.1) is 0 Å². The Morgan fingerprint density at radius 2 is 1.21 bits per heavy atom. The van der Waals surface area contributed by atoms with Crippen LogP contribution < -0.4 is 33.2 Å². The summed E-state index contributed by atoms with van der Waals surface area (Å²) in [6, 6.07) is -0.414. The van der Waals surface area contributed by atoms with Crippen LogP contribution in [-0.4, -0.2) is 81.0 Å². The van der Waals surface area contributed by atoms with Gasteiger partial charge in [-0.2, -0.15) is 0 Å². The first kappa shape index (κ1) is 31.3. The van der Waals surface area contributed by atoms with E-state index >= 15 is 0 Å². The Kier molecular flexibility index (Phi) is 12.1. The molecule has 0 heterocycles. The van der Waals surface area contributed by atoms with E-state index in [0.717, 1.165) is 0 Å². The monoisotopic (exact) mass is 538 g/mol. The summed E-state index contributed by atoms with van der Waals surface area (Å²) in [7, 11) is 0. The number of carboxylic acids is 2. The molecule has 16 nitrogen and oxygen atoms in total. The van der Waals surface area contributed by atoms with Gasteiger partial charge >= 0.3 is 11.9 Å². The summed E-state index contributed by atoms with van der Waals surface area (Å²) < 4.78 is 0. The number of hydrogen-bond acceptors (Lipinski definition) is 9. The van der Waals surface area contributed by atoms with E-state index in [2.05, 4.69) is 10.6 Å². The van der Waals surface area contributed by atoms with E-state index in [1.54, 1.807) is 0 Å². The molecule has 4 unspecified atom stereocenters. The Balaban J connectivity index is 3.02. The number of carbonyl (C=O) groups is 7. The minimum atomic E-state index is -1.76. The second-order valence-corrected chi connectivity index (χ2v) is 8.27. The first-order valence-corrected chi connectivity index (χ1v) is 11.1. The number of nitrogens with two attached hydrogens (primary N) is 3. The number of aromatic hydroxyl groups is 1. The van der Waals surface area contributed by atoms with Crippen LogP contribution in [0.2, 0.25) is 0 Å². The lowest BCUT2D eigenvalue weighted by Crippen LogP contribution is -2.58. The number of carbonyl (C=O) groups excluding carboxylic acids is 5. The van der Waals surface area contributed by atoms with E-state index < -0.39 is 91.3 Å². The zero-order valence-electron chi connectivity index (χ0n) is 20.1. The molecule has 0 fully saturated rings. The van der Waals surface area contributed by atoms with Crippen molar-refractivity contribution < 1.29 is 48.9 Å². The van der Waals surface area contributed by atoms with Crippen molar-refractivity contribution in [3.8, 4) is 5.75 Å². The molecule has 1 aromatic rings. The van der Waals surface area contributed by atoms with Crippen molar-refractivity contribution in [3.05, 3.63) is 29.8 Å². The predicted octanol–water partition coefficient (Wildman–Crippen LogP) is -3.58. The molecule has 38 heavy (non-hydrogen) atoms. The van der Waals surface area contributed by atoms with Crippen LogP contribution in [-0.2, 0) is 40.0 Å². The number of nitrogens with one attached hydrogen (secondary N) is 3. The quantitative estimate of drug-likeness (QED) is 0.0990. The van der Waals surface area contributed by atoms with Gasteiger partial charge in [-0.15, -0.1) is 0 Å². The fourth-order valence-electron chi connectivity index (χ4n) is 3.15. The minimum Gasteiger partial charge on any atom is -0.508 e. The van der Waals surface area contributed by atoms with Crippen LogP contribution in [0.1, 0.15) is 31.2 Å². The van der Waals surface area contributed by atoms with Crippen molar-refractivity contribution in [1.29, 1.82) is 0 Å². The number of benzene rings is 1. The third kappa shape index (κ3) is 11.3. The van der Waals surface area contributed by atoms with Crippen molar-refractivity contribution in [2.75, 3.05) is 0 Å². The Morgan fingerprint density at radius 1 is 0.737 bits per heavy atom. The van der Waals surface area contributed by atoms with Gasteiger partial charge in [-0.3, -0.25) is 28.8 Å². The highest BCUT2D eigenvalue weighted by atomic mass is 16.4. The molecule has 1 rings (SSSR count). The molecule has 0 radical (unpaired) electrons. The second kappa shape index (κ2) is 14.7. The molecule has 0 bridgehead atoms. The number of phenols is 1. The van der Waals surface area contributed by atoms with Gasteiger partial charge in [0.25, 0.3) is 0 Å². The largest absolute Gasteiger partial charge is 0.508 e. The molecule has 0 saturated heterocycles. The molecule has 0 aliphatic heterocycles. The van der Waals surface area contributed by atoms with Crippen molar-refractivity contribution in [2.45, 2.75) is 56.3 Å². The van der Waals surface area contributed by atoms with Crippen LogP contribution >= 0.6 is 0 Å². The molecule has 0 spiro atoms. The zero-order chi connectivity index (χ0) is 29.0. The van der Waals surface area contributed by atoms with Crippen molar-refractivity contribution in [3.63, 3.8) is 0 Å². The zero-order valence-corrected chi connectivity index (χ0v) is 20.1. The Morgan fingerprint density at radius 3 is 1.71 bits per heavy atom. The lowest BCUT2D eigenvalue weighted by atomic mass is 10.0. The molecule has 5 amide bonds. The fourth-order valence-corrected chi connectivity index (χ4v) is 3.15. The van der Waals surface area contributed by atoms with Gasteiger partial charge in [0.1, 0.15) is 23.9 Å². The van der Waals surface area contributed by atoms with Gasteiger partial charge in [0.2, 0.25) is 29.5 Å². The molecule has 208 valence electrons. The minimum absolute atomic E-state index is 0.00287. The van der Waals surface area contributed by atoms with E-state index in [4.69, 9.17) is 22.3 Å². The number of primary amides is 2. The highest BCUT2D eigenvalue weighted by molar-refractivity contribution is 5.96. The van der Waals surface area contributed by atoms with E-state index in [9.17, 15) is 43.8 Å². The van der Waals surface area contributed by atoms with E-state index in [1.807, 2.05) is 5.32 Å². The molecule has 0 aromatic heterocycles. The van der Waals surface area contributed by atoms with Gasteiger partial charge in [0.15, 0.2) is 0 Å². The molecule has 16 heteroatoms. The Labute approximate surface area is 215 Å². The molecule has 4 atom stereocenters. The third-order valence-electron chi connectivity index (χ3n) is 5.07. The van der Waals surface area contributed by atoms with Crippen molar-refractivity contribution >= 4 is 41.5 Å². The molecule has 0 saturated carbocycles. The van der Waals surface area contributed by atoms with Crippen molar-refractivity contribution in [1.82, 2.24) is 16.0 Å². The lowest BCUT2D eigenvalue weighted by Gasteiger charge is -2.24. The SMILES string of the molecule is NC(=O)CC(NC(=O)C(CCC(=O)O)NC(=O)C(CC(N)=O)NC(=O)C(N)Cc1ccc(O)cc1)C(=O)O. The molecule has 1 aromatic carbocycles. The number of amides is 5. The fraction of sp³-hybridized carbons (Fsp3) is 0.409. The lowest BCUT2D eigenvalue weighted by molar-refractivity contribution is -0.144. The number of hydrogen-bond donors (Lipinski definition) is 9. The van der Waals surface area contributed by atoms with Gasteiger partial charge < -0.3 is 48.5 Å². The maximum atomic E-state index is 12.9. The van der Waals surface area contributed by atoms with Crippen LogP contribution in [0.3, 0.4) is 0 Å². The second-order valence-electron chi connectivity index (χ2n) is 8.27. The predicted molar refractivity (Wildman–Crippen MR) is 128 cm³/mol. The maximum absolute atomic E-state index is 12.9. The summed E-state index contributed by atoms with van der Waals surface area (Å²) >= 11 is 0. The number of aliphatic carboxylic acids is 2. The molecule has 12 N–H and O–H groups in total. The standard InChI is InChI=1S/C22H30N6O10/c23-12(7-10-1-3-11(29)4-2-10)19(34)27-14(8-16(24)30)21(36)26-13(5-6-18(32)33)20(35)28-15(22(37)38)9-17(25)31/h1-4,12-15,29H,5-9,23H2,(H2,24,30)(H2,25,31)(H,26,36)(H,27,34)(H,28,35)(H,32,33)(H,37,38). The summed E-state index contributed by atoms with van der Waals surface area (Å²) in [5.74, 6) is -8.13. The van der Waals surface area contributed by atoms with E-state index in [-0.39, 0.29) is 12.2 Å². The van der Waals surface area contributed by atoms with Crippen LogP contribution in [0.5, 0.6) is 5.75 Å². The third-order valence-corrected chi connectivity index (χ3v) is 5.07. The summed E-state index contributed by atoms with van der Waals surface area (Å²) in [5, 5.41) is 33.9. The topological polar surface area (TPSA) is 294 Å². The Hall–Kier alpha value is -4.73. The van der Waals surface area contributed by atoms with Crippen molar-refractivity contribution in [2.24, 2.45) is 17.2 Å². The van der Waals surface area contributed by atoms with Crippen LogP contribution in [0.15, 0.2) is 24.3 Å². The molecular weight excluding hydrogens is 508 g/mol. The van der Waals surface area contributed by atoms with Gasteiger partial charge in [-0.1, -0.05) is 12.1 Å². The van der Waals surface area contributed by atoms with Gasteiger partial charge in [-0.25, -0.2) is 4.79 Å². The highest BCUT2D eigenvalue weighted by Crippen LogP contribution is 2.11. The molecular formula is C22H30N6O10. The first-order chi connectivity index (χ1) is 17.7. The average Bonchev–Trinajstić information content (AvgIpc) is 2.81. The van der Waals surface area contributed by atoms with Gasteiger partial charge in [0, 0.05) is 6.42 Å². The number of phenolic OH excluding ortho intramolecular Hbond substituents is 1. The van der Waals surface area contributed by atoms with E-state index in [1.165, 1.54) is 24.3 Å². The normalized spacial score (nSPS) is 13.7. The maximum Gasteiger partial charge on any atom is 0.326 e. The van der Waals surface area contributed by atoms with Gasteiger partial charge in [-0.05, 0) is 30.5 Å². The first-order valence-electron chi connectivity index (χ1n) is 11.1. The van der Waals surface area contributed by atoms with E-state index in [0.29, 0.717) is 5.56 Å². The molecule has 0 aliphatic rings.